The molecule has 0 saturated heterocycles. The first-order valence-corrected chi connectivity index (χ1v) is 11.9. The molecule has 4 rings (SSSR count). The number of nitrogens with two attached hydrogens (primary N) is 1. The first-order valence-electron chi connectivity index (χ1n) is 11.0. The van der Waals surface area contributed by atoms with Gasteiger partial charge in [-0.1, -0.05) is 6.07 Å². The summed E-state index contributed by atoms with van der Waals surface area (Å²) in [7, 11) is 1.70. The van der Waals surface area contributed by atoms with E-state index in [-0.39, 0.29) is 11.4 Å². The normalized spacial score (nSPS) is 15.8. The molecular weight excluding hydrogens is 404 g/mol. The van der Waals surface area contributed by atoms with Crippen molar-refractivity contribution in [1.29, 1.82) is 0 Å². The molecule has 1 aromatic heterocycles. The Morgan fingerprint density at radius 3 is 2.77 bits per heavy atom. The summed E-state index contributed by atoms with van der Waals surface area (Å²) in [4.78, 5) is 15.0. The number of methoxy groups -OCH3 is 1. The summed E-state index contributed by atoms with van der Waals surface area (Å²) in [6.45, 7) is 7.83. The fraction of sp³-hybridized carbons (Fsp3) is 0.423. The Balaban J connectivity index is 1.38. The quantitative estimate of drug-likeness (QED) is 0.549. The molecule has 2 N–H and O–H groups in total. The van der Waals surface area contributed by atoms with Crippen LogP contribution in [-0.2, 0) is 12.8 Å². The zero-order valence-electron chi connectivity index (χ0n) is 19.0. The molecule has 1 aliphatic rings. The van der Waals surface area contributed by atoms with Crippen LogP contribution in [0.25, 0.3) is 10.1 Å². The smallest absolute Gasteiger partial charge is 0.254 e. The second-order valence-corrected chi connectivity index (χ2v) is 10.0. The molecule has 4 nitrogen and oxygen atoms in total. The number of rotatable bonds is 7. The van der Waals surface area contributed by atoms with E-state index in [4.69, 9.17) is 10.5 Å². The molecule has 0 radical (unpaired) electrons. The topological polar surface area (TPSA) is 55.6 Å². The van der Waals surface area contributed by atoms with Crippen LogP contribution in [0.5, 0.6) is 5.75 Å². The van der Waals surface area contributed by atoms with E-state index in [1.165, 1.54) is 32.3 Å². The average Bonchev–Trinajstić information content (AvgIpc) is 3.16. The molecule has 3 aromatic rings. The van der Waals surface area contributed by atoms with Gasteiger partial charge in [0.25, 0.3) is 5.91 Å². The Hall–Kier alpha value is -2.37. The summed E-state index contributed by atoms with van der Waals surface area (Å²) in [5.41, 5.74) is 12.3. The number of carbonyl (C=O) groups excluding carboxylic acids is 1. The molecule has 0 saturated carbocycles. The lowest BCUT2D eigenvalue weighted by Gasteiger charge is -2.33. The Kier molecular flexibility index (Phi) is 6.09. The third-order valence-electron chi connectivity index (χ3n) is 6.80. The molecular formula is C26H32N2O2S. The summed E-state index contributed by atoms with van der Waals surface area (Å²) >= 11 is 1.77. The van der Waals surface area contributed by atoms with Crippen molar-refractivity contribution in [1.82, 2.24) is 4.90 Å². The molecule has 1 amide bonds. The molecule has 0 bridgehead atoms. The number of thiophene rings is 1. The van der Waals surface area contributed by atoms with Gasteiger partial charge in [-0.3, -0.25) is 4.79 Å². The van der Waals surface area contributed by atoms with Gasteiger partial charge in [0.15, 0.2) is 0 Å². The summed E-state index contributed by atoms with van der Waals surface area (Å²) in [6.07, 6.45) is 3.53. The fourth-order valence-corrected chi connectivity index (χ4v) is 5.42. The molecule has 1 atom stereocenters. The van der Waals surface area contributed by atoms with Crippen LogP contribution in [0.2, 0.25) is 0 Å². The number of amides is 1. The van der Waals surface area contributed by atoms with Gasteiger partial charge in [-0.2, -0.15) is 0 Å². The van der Waals surface area contributed by atoms with Gasteiger partial charge < -0.3 is 15.4 Å². The van der Waals surface area contributed by atoms with Crippen molar-refractivity contribution in [2.75, 3.05) is 20.2 Å². The lowest BCUT2D eigenvalue weighted by Crippen LogP contribution is -2.44. The van der Waals surface area contributed by atoms with Crippen LogP contribution in [0.4, 0.5) is 0 Å². The number of hydrogen-bond donors (Lipinski definition) is 1. The molecule has 5 heteroatoms. The SMILES string of the molecule is COc1ccc2scc(CCC(C)(N)CCN3CCc4c(ccc(C)c4C)C3=O)c2c1. The van der Waals surface area contributed by atoms with E-state index in [0.717, 1.165) is 43.5 Å². The van der Waals surface area contributed by atoms with Crippen LogP contribution < -0.4 is 10.5 Å². The van der Waals surface area contributed by atoms with Gasteiger partial charge in [0.05, 0.1) is 7.11 Å². The van der Waals surface area contributed by atoms with Gasteiger partial charge in [0, 0.05) is 28.9 Å². The van der Waals surface area contributed by atoms with E-state index in [1.807, 2.05) is 17.0 Å². The number of hydrogen-bond acceptors (Lipinski definition) is 4. The second-order valence-electron chi connectivity index (χ2n) is 9.10. The highest BCUT2D eigenvalue weighted by atomic mass is 32.1. The minimum Gasteiger partial charge on any atom is -0.497 e. The number of nitrogens with zero attached hydrogens (tertiary/aromatic N) is 1. The summed E-state index contributed by atoms with van der Waals surface area (Å²) in [5.74, 6) is 1.04. The van der Waals surface area contributed by atoms with E-state index in [2.05, 4.69) is 44.4 Å². The van der Waals surface area contributed by atoms with Crippen LogP contribution in [0, 0.1) is 13.8 Å². The summed E-state index contributed by atoms with van der Waals surface area (Å²) < 4.78 is 6.66. The van der Waals surface area contributed by atoms with E-state index in [9.17, 15) is 4.79 Å². The number of aryl methyl sites for hydroxylation is 2. The predicted molar refractivity (Wildman–Crippen MR) is 129 cm³/mol. The van der Waals surface area contributed by atoms with E-state index in [0.29, 0.717) is 6.54 Å². The number of benzene rings is 2. The Morgan fingerprint density at radius 1 is 1.19 bits per heavy atom. The highest BCUT2D eigenvalue weighted by Gasteiger charge is 2.28. The van der Waals surface area contributed by atoms with Crippen LogP contribution in [-0.4, -0.2) is 36.5 Å². The number of ether oxygens (including phenoxy) is 1. The van der Waals surface area contributed by atoms with Crippen molar-refractivity contribution in [3.8, 4) is 5.75 Å². The van der Waals surface area contributed by atoms with Crippen LogP contribution >= 0.6 is 11.3 Å². The van der Waals surface area contributed by atoms with Crippen LogP contribution in [0.15, 0.2) is 35.7 Å². The van der Waals surface area contributed by atoms with Crippen molar-refractivity contribution in [3.05, 3.63) is 63.5 Å². The average molecular weight is 437 g/mol. The van der Waals surface area contributed by atoms with Gasteiger partial charge in [0.2, 0.25) is 0 Å². The number of fused-ring (bicyclic) bond motifs is 2. The number of carbonyl (C=O) groups is 1. The van der Waals surface area contributed by atoms with Crippen molar-refractivity contribution >= 4 is 27.3 Å². The minimum atomic E-state index is -0.323. The minimum absolute atomic E-state index is 0.149. The Morgan fingerprint density at radius 2 is 2.00 bits per heavy atom. The molecule has 2 aromatic carbocycles. The van der Waals surface area contributed by atoms with Gasteiger partial charge in [-0.05, 0) is 104 Å². The lowest BCUT2D eigenvalue weighted by atomic mass is 9.89. The van der Waals surface area contributed by atoms with Gasteiger partial charge in [-0.15, -0.1) is 11.3 Å². The third-order valence-corrected chi connectivity index (χ3v) is 7.81. The van der Waals surface area contributed by atoms with Crippen molar-refractivity contribution in [2.24, 2.45) is 5.73 Å². The van der Waals surface area contributed by atoms with Crippen LogP contribution in [0.1, 0.15) is 52.4 Å². The van der Waals surface area contributed by atoms with Crippen molar-refractivity contribution < 1.29 is 9.53 Å². The Bertz CT molecular complexity index is 1120. The third kappa shape index (κ3) is 4.48. The molecule has 0 spiro atoms. The fourth-order valence-electron chi connectivity index (χ4n) is 4.45. The van der Waals surface area contributed by atoms with E-state index >= 15 is 0 Å². The van der Waals surface area contributed by atoms with Gasteiger partial charge in [-0.25, -0.2) is 0 Å². The molecule has 1 unspecified atom stereocenters. The largest absolute Gasteiger partial charge is 0.497 e. The van der Waals surface area contributed by atoms with Crippen molar-refractivity contribution in [3.63, 3.8) is 0 Å². The van der Waals surface area contributed by atoms with Gasteiger partial charge >= 0.3 is 0 Å². The van der Waals surface area contributed by atoms with Gasteiger partial charge in [0.1, 0.15) is 5.75 Å². The summed E-state index contributed by atoms with van der Waals surface area (Å²) in [6, 6.07) is 10.3. The lowest BCUT2D eigenvalue weighted by molar-refractivity contribution is 0.0726. The molecule has 0 fully saturated rings. The molecule has 31 heavy (non-hydrogen) atoms. The second kappa shape index (κ2) is 8.64. The van der Waals surface area contributed by atoms with E-state index in [1.54, 1.807) is 18.4 Å². The molecule has 1 aliphatic heterocycles. The maximum Gasteiger partial charge on any atom is 0.254 e. The maximum absolute atomic E-state index is 13.0. The summed E-state index contributed by atoms with van der Waals surface area (Å²) in [5, 5.41) is 3.49. The zero-order valence-corrected chi connectivity index (χ0v) is 19.8. The highest BCUT2D eigenvalue weighted by Crippen LogP contribution is 2.31. The van der Waals surface area contributed by atoms with Crippen molar-refractivity contribution in [2.45, 2.75) is 52.0 Å². The highest BCUT2D eigenvalue weighted by molar-refractivity contribution is 7.17. The Labute approximate surface area is 189 Å². The monoisotopic (exact) mass is 436 g/mol. The molecule has 0 aliphatic carbocycles. The zero-order chi connectivity index (χ0) is 22.2. The first-order chi connectivity index (χ1) is 14.8. The standard InChI is InChI=1S/C26H32N2O2S/c1-17-5-7-22-21(18(17)2)10-13-28(25(22)29)14-12-26(3,27)11-9-19-16-31-24-8-6-20(30-4)15-23(19)24/h5-8,15-16H,9-14,27H2,1-4H3. The first kappa shape index (κ1) is 21.8. The van der Waals surface area contributed by atoms with E-state index < -0.39 is 0 Å². The molecule has 164 valence electrons. The predicted octanol–water partition coefficient (Wildman–Crippen LogP) is 5.27. The maximum atomic E-state index is 13.0. The molecule has 2 heterocycles. The van der Waals surface area contributed by atoms with Crippen LogP contribution in [0.3, 0.4) is 0 Å².